The normalized spacial score (nSPS) is 11.7. The minimum atomic E-state index is -0.336. The Labute approximate surface area is 172 Å². The summed E-state index contributed by atoms with van der Waals surface area (Å²) in [4.78, 5) is 18.3. The average molecular weight is 427 g/mol. The van der Waals surface area contributed by atoms with Crippen LogP contribution < -0.4 is 5.32 Å². The minimum absolute atomic E-state index is 0.112. The van der Waals surface area contributed by atoms with Crippen molar-refractivity contribution in [3.05, 3.63) is 80.0 Å². The first-order chi connectivity index (χ1) is 12.9. The molecule has 27 heavy (non-hydrogen) atoms. The highest BCUT2D eigenvalue weighted by Gasteiger charge is 2.23. The molecule has 9 heteroatoms. The fourth-order valence-corrected chi connectivity index (χ4v) is 3.56. The number of pyridine rings is 1. The van der Waals surface area contributed by atoms with Crippen molar-refractivity contribution >= 4 is 35.0 Å². The van der Waals surface area contributed by atoms with Crippen molar-refractivity contribution in [3.8, 4) is 0 Å². The van der Waals surface area contributed by atoms with Gasteiger partial charge in [0.15, 0.2) is 5.82 Å². The second kappa shape index (κ2) is 10.4. The van der Waals surface area contributed by atoms with Gasteiger partial charge in [-0.05, 0) is 42.8 Å². The summed E-state index contributed by atoms with van der Waals surface area (Å²) < 4.78 is 0. The maximum Gasteiger partial charge on any atom is 0.296 e. The van der Waals surface area contributed by atoms with Crippen LogP contribution in [0.1, 0.15) is 12.5 Å². The molecular formula is C18H20Cl2N4O2S. The monoisotopic (exact) mass is 426 g/mol. The molecule has 0 unspecified atom stereocenters. The van der Waals surface area contributed by atoms with E-state index in [1.165, 1.54) is 11.8 Å². The molecule has 0 aliphatic carbocycles. The number of benzene rings is 1. The van der Waals surface area contributed by atoms with Gasteiger partial charge in [0, 0.05) is 36.3 Å². The van der Waals surface area contributed by atoms with Crippen LogP contribution in [0, 0.1) is 10.1 Å². The summed E-state index contributed by atoms with van der Waals surface area (Å²) >= 11 is 13.1. The molecule has 6 nitrogen and oxygen atoms in total. The predicted octanol–water partition coefficient (Wildman–Crippen LogP) is 4.67. The molecule has 2 rings (SSSR count). The van der Waals surface area contributed by atoms with Gasteiger partial charge in [-0.2, -0.15) is 0 Å². The van der Waals surface area contributed by atoms with Gasteiger partial charge in [0.25, 0.3) is 5.70 Å². The highest BCUT2D eigenvalue weighted by atomic mass is 35.5. The number of nitrogens with one attached hydrogen (secondary N) is 1. The van der Waals surface area contributed by atoms with E-state index in [4.69, 9.17) is 23.2 Å². The van der Waals surface area contributed by atoms with Crippen molar-refractivity contribution in [2.24, 2.45) is 0 Å². The third-order valence-corrected chi connectivity index (χ3v) is 5.28. The SMILES string of the molecule is CCN(Cc1ccc(Cl)nc1)/C(NC)=C(/CSc1ccc(Cl)cc1)[N+](=O)[O-]. The van der Waals surface area contributed by atoms with Crippen molar-refractivity contribution in [3.63, 3.8) is 0 Å². The summed E-state index contributed by atoms with van der Waals surface area (Å²) in [5.74, 6) is 0.707. The van der Waals surface area contributed by atoms with E-state index >= 15 is 0 Å². The molecule has 0 atom stereocenters. The Balaban J connectivity index is 2.23. The van der Waals surface area contributed by atoms with Crippen LogP contribution in [0.3, 0.4) is 0 Å². The fourth-order valence-electron chi connectivity index (χ4n) is 2.44. The second-order valence-electron chi connectivity index (χ2n) is 5.55. The van der Waals surface area contributed by atoms with Gasteiger partial charge < -0.3 is 10.2 Å². The van der Waals surface area contributed by atoms with Crippen molar-refractivity contribution < 1.29 is 4.92 Å². The number of aromatic nitrogens is 1. The molecule has 0 aliphatic rings. The van der Waals surface area contributed by atoms with Crippen molar-refractivity contribution in [1.29, 1.82) is 0 Å². The quantitative estimate of drug-likeness (QED) is 0.272. The molecule has 0 radical (unpaired) electrons. The van der Waals surface area contributed by atoms with Crippen LogP contribution in [0.15, 0.2) is 59.0 Å². The summed E-state index contributed by atoms with van der Waals surface area (Å²) in [7, 11) is 1.69. The van der Waals surface area contributed by atoms with Gasteiger partial charge in [-0.15, -0.1) is 11.8 Å². The summed E-state index contributed by atoms with van der Waals surface area (Å²) in [6, 6.07) is 10.8. The Morgan fingerprint density at radius 3 is 2.48 bits per heavy atom. The van der Waals surface area contributed by atoms with Gasteiger partial charge in [-0.1, -0.05) is 29.3 Å². The zero-order chi connectivity index (χ0) is 19.8. The Kier molecular flexibility index (Phi) is 8.22. The van der Waals surface area contributed by atoms with Gasteiger partial charge >= 0.3 is 0 Å². The van der Waals surface area contributed by atoms with Gasteiger partial charge in [0.2, 0.25) is 0 Å². The molecule has 0 aliphatic heterocycles. The predicted molar refractivity (Wildman–Crippen MR) is 111 cm³/mol. The lowest BCUT2D eigenvalue weighted by atomic mass is 10.2. The molecule has 0 amide bonds. The maximum absolute atomic E-state index is 11.7. The molecule has 144 valence electrons. The van der Waals surface area contributed by atoms with Gasteiger partial charge in [-0.25, -0.2) is 4.98 Å². The van der Waals surface area contributed by atoms with Crippen LogP contribution in [0.2, 0.25) is 10.2 Å². The van der Waals surface area contributed by atoms with E-state index in [2.05, 4.69) is 10.3 Å². The van der Waals surface area contributed by atoms with Crippen LogP contribution in [-0.2, 0) is 6.54 Å². The van der Waals surface area contributed by atoms with E-state index < -0.39 is 0 Å². The second-order valence-corrected chi connectivity index (χ2v) is 7.42. The first-order valence-corrected chi connectivity index (χ1v) is 9.97. The van der Waals surface area contributed by atoms with Crippen molar-refractivity contribution in [2.45, 2.75) is 18.4 Å². The van der Waals surface area contributed by atoms with Crippen LogP contribution >= 0.6 is 35.0 Å². The minimum Gasteiger partial charge on any atom is -0.369 e. The Hall–Kier alpha value is -1.96. The Bertz CT molecular complexity index is 798. The first kappa shape index (κ1) is 21.3. The van der Waals surface area contributed by atoms with Crippen LogP contribution in [0.5, 0.6) is 0 Å². The number of hydrogen-bond donors (Lipinski definition) is 1. The van der Waals surface area contributed by atoms with Crippen LogP contribution in [0.25, 0.3) is 0 Å². The third-order valence-electron chi connectivity index (χ3n) is 3.78. The molecule has 1 heterocycles. The highest BCUT2D eigenvalue weighted by molar-refractivity contribution is 7.99. The Morgan fingerprint density at radius 2 is 1.96 bits per heavy atom. The highest BCUT2D eigenvalue weighted by Crippen LogP contribution is 2.24. The fraction of sp³-hybridized carbons (Fsp3) is 0.278. The number of hydrogen-bond acceptors (Lipinski definition) is 6. The molecule has 0 saturated heterocycles. The summed E-state index contributed by atoms with van der Waals surface area (Å²) in [6.07, 6.45) is 1.67. The molecule has 0 bridgehead atoms. The summed E-state index contributed by atoms with van der Waals surface area (Å²) in [6.45, 7) is 3.03. The molecule has 1 aromatic carbocycles. The van der Waals surface area contributed by atoms with Crippen LogP contribution in [-0.4, -0.2) is 34.2 Å². The average Bonchev–Trinajstić information content (AvgIpc) is 2.66. The zero-order valence-corrected chi connectivity index (χ0v) is 17.3. The van der Waals surface area contributed by atoms with Crippen LogP contribution in [0.4, 0.5) is 0 Å². The van der Waals surface area contributed by atoms with E-state index in [-0.39, 0.29) is 16.4 Å². The molecular weight excluding hydrogens is 407 g/mol. The molecule has 0 saturated carbocycles. The molecule has 1 N–H and O–H groups in total. The molecule has 2 aromatic rings. The summed E-state index contributed by atoms with van der Waals surface area (Å²) in [5.41, 5.74) is 1.03. The van der Waals surface area contributed by atoms with E-state index in [0.717, 1.165) is 10.5 Å². The number of nitro groups is 1. The zero-order valence-electron chi connectivity index (χ0n) is 15.0. The third kappa shape index (κ3) is 6.30. The van der Waals surface area contributed by atoms with E-state index in [1.54, 1.807) is 31.4 Å². The van der Waals surface area contributed by atoms with Gasteiger partial charge in [0.1, 0.15) is 5.15 Å². The topological polar surface area (TPSA) is 71.3 Å². The molecule has 0 spiro atoms. The Morgan fingerprint density at radius 1 is 1.26 bits per heavy atom. The largest absolute Gasteiger partial charge is 0.369 e. The lowest BCUT2D eigenvalue weighted by Gasteiger charge is -2.25. The molecule has 0 fully saturated rings. The number of thioether (sulfide) groups is 1. The number of nitrogens with zero attached hydrogens (tertiary/aromatic N) is 3. The first-order valence-electron chi connectivity index (χ1n) is 8.23. The van der Waals surface area contributed by atoms with E-state index in [0.29, 0.717) is 29.1 Å². The molecule has 1 aromatic heterocycles. The van der Waals surface area contributed by atoms with E-state index in [1.807, 2.05) is 30.0 Å². The maximum atomic E-state index is 11.7. The number of rotatable bonds is 9. The van der Waals surface area contributed by atoms with E-state index in [9.17, 15) is 10.1 Å². The smallest absolute Gasteiger partial charge is 0.296 e. The lowest BCUT2D eigenvalue weighted by molar-refractivity contribution is -0.426. The van der Waals surface area contributed by atoms with Gasteiger partial charge in [-0.3, -0.25) is 10.1 Å². The lowest BCUT2D eigenvalue weighted by Crippen LogP contribution is -2.33. The standard InChI is InChI=1S/C18H20Cl2N4O2S/c1-3-23(11-13-4-9-17(20)22-10-13)18(21-2)16(24(25)26)12-27-15-7-5-14(19)6-8-15/h4-10,21H,3,11-12H2,1-2H3/b18-16-. The van der Waals surface area contributed by atoms with Gasteiger partial charge in [0.05, 0.1) is 10.7 Å². The summed E-state index contributed by atoms with van der Waals surface area (Å²) in [5, 5.41) is 15.8. The van der Waals surface area contributed by atoms with Crippen molar-refractivity contribution in [1.82, 2.24) is 15.2 Å². The number of halogens is 2. The van der Waals surface area contributed by atoms with Crippen molar-refractivity contribution in [2.75, 3.05) is 19.3 Å².